The zero-order valence-electron chi connectivity index (χ0n) is 11.8. The van der Waals surface area contributed by atoms with Gasteiger partial charge in [0.1, 0.15) is 11.5 Å². The molecule has 0 aliphatic rings. The summed E-state index contributed by atoms with van der Waals surface area (Å²) in [4.78, 5) is 12.1. The number of hydrogen-bond acceptors (Lipinski definition) is 2. The zero-order chi connectivity index (χ0) is 14.4. The Morgan fingerprint density at radius 2 is 1.80 bits per heavy atom. The largest absolute Gasteiger partial charge is 0.457 e. The molecule has 0 aliphatic carbocycles. The normalized spacial score (nSPS) is 11.7. The molecule has 1 N–H and O–H groups in total. The third kappa shape index (κ3) is 3.85. The van der Waals surface area contributed by atoms with Gasteiger partial charge in [-0.2, -0.15) is 0 Å². The van der Waals surface area contributed by atoms with Crippen molar-refractivity contribution in [3.05, 3.63) is 60.2 Å². The van der Waals surface area contributed by atoms with Crippen molar-refractivity contribution in [3.63, 3.8) is 0 Å². The van der Waals surface area contributed by atoms with Crippen molar-refractivity contribution in [1.29, 1.82) is 0 Å². The maximum atomic E-state index is 12.1. The standard InChI is InChI=1S/C17H19NO2/c1-3-13(2)18-17(19)14-8-7-11-16(12-14)20-15-9-5-4-6-10-15/h4-13H,3H2,1-2H3,(H,18,19)/t13-/m1/s1. The van der Waals surface area contributed by atoms with Gasteiger partial charge in [-0.05, 0) is 43.7 Å². The Labute approximate surface area is 119 Å². The van der Waals surface area contributed by atoms with E-state index in [0.29, 0.717) is 11.3 Å². The molecule has 0 fully saturated rings. The second-order valence-electron chi connectivity index (χ2n) is 4.73. The van der Waals surface area contributed by atoms with Crippen LogP contribution >= 0.6 is 0 Å². The Hall–Kier alpha value is -2.29. The average Bonchev–Trinajstić information content (AvgIpc) is 2.48. The molecule has 0 aliphatic heterocycles. The highest BCUT2D eigenvalue weighted by Crippen LogP contribution is 2.21. The fourth-order valence-electron chi connectivity index (χ4n) is 1.73. The van der Waals surface area contributed by atoms with Crippen molar-refractivity contribution >= 4 is 5.91 Å². The van der Waals surface area contributed by atoms with Gasteiger partial charge in [0.15, 0.2) is 0 Å². The van der Waals surface area contributed by atoms with Gasteiger partial charge in [0, 0.05) is 11.6 Å². The first-order valence-corrected chi connectivity index (χ1v) is 6.83. The van der Waals surface area contributed by atoms with Gasteiger partial charge in [0.05, 0.1) is 0 Å². The van der Waals surface area contributed by atoms with Crippen LogP contribution in [0.3, 0.4) is 0 Å². The molecule has 3 nitrogen and oxygen atoms in total. The third-order valence-corrected chi connectivity index (χ3v) is 3.06. The number of nitrogens with one attached hydrogen (secondary N) is 1. The van der Waals surface area contributed by atoms with Crippen molar-refractivity contribution in [2.45, 2.75) is 26.3 Å². The topological polar surface area (TPSA) is 38.3 Å². The van der Waals surface area contributed by atoms with Gasteiger partial charge in [-0.25, -0.2) is 0 Å². The quantitative estimate of drug-likeness (QED) is 0.890. The summed E-state index contributed by atoms with van der Waals surface area (Å²) in [7, 11) is 0. The van der Waals surface area contributed by atoms with Crippen LogP contribution in [0.25, 0.3) is 0 Å². The van der Waals surface area contributed by atoms with Crippen molar-refractivity contribution in [3.8, 4) is 11.5 Å². The molecule has 3 heteroatoms. The van der Waals surface area contributed by atoms with Crippen LogP contribution in [0.5, 0.6) is 11.5 Å². The van der Waals surface area contributed by atoms with Gasteiger partial charge in [-0.3, -0.25) is 4.79 Å². The zero-order valence-corrected chi connectivity index (χ0v) is 11.8. The van der Waals surface area contributed by atoms with E-state index in [1.807, 2.05) is 56.3 Å². The van der Waals surface area contributed by atoms with Crippen LogP contribution in [-0.2, 0) is 0 Å². The minimum atomic E-state index is -0.0714. The molecule has 0 bridgehead atoms. The number of rotatable bonds is 5. The van der Waals surface area contributed by atoms with Crippen LogP contribution in [0, 0.1) is 0 Å². The van der Waals surface area contributed by atoms with Crippen LogP contribution in [0.1, 0.15) is 30.6 Å². The molecule has 20 heavy (non-hydrogen) atoms. The van der Waals surface area contributed by atoms with Gasteiger partial charge in [-0.1, -0.05) is 31.2 Å². The Kier molecular flexibility index (Phi) is 4.77. The summed E-state index contributed by atoms with van der Waals surface area (Å²) in [6.07, 6.45) is 0.909. The highest BCUT2D eigenvalue weighted by Gasteiger charge is 2.09. The van der Waals surface area contributed by atoms with Gasteiger partial charge < -0.3 is 10.1 Å². The monoisotopic (exact) mass is 269 g/mol. The molecule has 1 amide bonds. The van der Waals surface area contributed by atoms with E-state index in [1.54, 1.807) is 12.1 Å². The molecule has 0 spiro atoms. The fraction of sp³-hybridized carbons (Fsp3) is 0.235. The lowest BCUT2D eigenvalue weighted by Gasteiger charge is -2.12. The lowest BCUT2D eigenvalue weighted by Crippen LogP contribution is -2.31. The summed E-state index contributed by atoms with van der Waals surface area (Å²) < 4.78 is 5.72. The van der Waals surface area contributed by atoms with E-state index in [2.05, 4.69) is 5.32 Å². The average molecular weight is 269 g/mol. The Bertz CT molecular complexity index is 566. The predicted octanol–water partition coefficient (Wildman–Crippen LogP) is 4.01. The molecule has 0 unspecified atom stereocenters. The van der Waals surface area contributed by atoms with Gasteiger partial charge in [0.25, 0.3) is 5.91 Å². The van der Waals surface area contributed by atoms with E-state index in [4.69, 9.17) is 4.74 Å². The molecule has 0 radical (unpaired) electrons. The van der Waals surface area contributed by atoms with Gasteiger partial charge in [-0.15, -0.1) is 0 Å². The molecule has 0 saturated carbocycles. The number of hydrogen-bond donors (Lipinski definition) is 1. The van der Waals surface area contributed by atoms with E-state index in [9.17, 15) is 4.79 Å². The molecule has 2 rings (SSSR count). The molecule has 2 aromatic carbocycles. The Balaban J connectivity index is 2.10. The SMILES string of the molecule is CC[C@@H](C)NC(=O)c1cccc(Oc2ccccc2)c1. The highest BCUT2D eigenvalue weighted by atomic mass is 16.5. The molecule has 1 atom stereocenters. The summed E-state index contributed by atoms with van der Waals surface area (Å²) in [5.41, 5.74) is 0.610. The third-order valence-electron chi connectivity index (χ3n) is 3.06. The van der Waals surface area contributed by atoms with Crippen LogP contribution in [-0.4, -0.2) is 11.9 Å². The van der Waals surface area contributed by atoms with E-state index in [0.717, 1.165) is 12.2 Å². The number of amides is 1. The second kappa shape index (κ2) is 6.75. The summed E-state index contributed by atoms with van der Waals surface area (Å²) in [6, 6.07) is 16.9. The highest BCUT2D eigenvalue weighted by molar-refractivity contribution is 5.94. The van der Waals surface area contributed by atoms with Crippen molar-refractivity contribution < 1.29 is 9.53 Å². The Morgan fingerprint density at radius 3 is 2.50 bits per heavy atom. The van der Waals surface area contributed by atoms with E-state index in [1.165, 1.54) is 0 Å². The Morgan fingerprint density at radius 1 is 1.10 bits per heavy atom. The summed E-state index contributed by atoms with van der Waals surface area (Å²) in [5.74, 6) is 1.35. The van der Waals surface area contributed by atoms with Gasteiger partial charge in [0.2, 0.25) is 0 Å². The lowest BCUT2D eigenvalue weighted by atomic mass is 10.1. The van der Waals surface area contributed by atoms with E-state index >= 15 is 0 Å². The molecular weight excluding hydrogens is 250 g/mol. The van der Waals surface area contributed by atoms with Crippen molar-refractivity contribution in [2.24, 2.45) is 0 Å². The first kappa shape index (κ1) is 14.1. The first-order valence-electron chi connectivity index (χ1n) is 6.83. The maximum Gasteiger partial charge on any atom is 0.251 e. The maximum absolute atomic E-state index is 12.1. The van der Waals surface area contributed by atoms with Crippen LogP contribution in [0.2, 0.25) is 0 Å². The number of carbonyl (C=O) groups is 1. The number of benzene rings is 2. The fourth-order valence-corrected chi connectivity index (χ4v) is 1.73. The predicted molar refractivity (Wildman–Crippen MR) is 80.2 cm³/mol. The van der Waals surface area contributed by atoms with Crippen LogP contribution in [0.15, 0.2) is 54.6 Å². The lowest BCUT2D eigenvalue weighted by molar-refractivity contribution is 0.0939. The van der Waals surface area contributed by atoms with Crippen molar-refractivity contribution in [2.75, 3.05) is 0 Å². The van der Waals surface area contributed by atoms with Crippen LogP contribution in [0.4, 0.5) is 0 Å². The van der Waals surface area contributed by atoms with Crippen molar-refractivity contribution in [1.82, 2.24) is 5.32 Å². The van der Waals surface area contributed by atoms with E-state index in [-0.39, 0.29) is 11.9 Å². The number of carbonyl (C=O) groups excluding carboxylic acids is 1. The van der Waals surface area contributed by atoms with Gasteiger partial charge >= 0.3 is 0 Å². The molecule has 0 heterocycles. The molecule has 0 saturated heterocycles. The summed E-state index contributed by atoms with van der Waals surface area (Å²) >= 11 is 0. The number of para-hydroxylation sites is 1. The molecular formula is C17H19NO2. The smallest absolute Gasteiger partial charge is 0.251 e. The van der Waals surface area contributed by atoms with E-state index < -0.39 is 0 Å². The first-order chi connectivity index (χ1) is 9.69. The second-order valence-corrected chi connectivity index (χ2v) is 4.73. The molecule has 2 aromatic rings. The minimum absolute atomic E-state index is 0.0714. The summed E-state index contributed by atoms with van der Waals surface area (Å²) in [5, 5.41) is 2.94. The minimum Gasteiger partial charge on any atom is -0.457 e. The van der Waals surface area contributed by atoms with Crippen LogP contribution < -0.4 is 10.1 Å². The molecule has 0 aromatic heterocycles. The molecule has 104 valence electrons. The summed E-state index contributed by atoms with van der Waals surface area (Å²) in [6.45, 7) is 4.03. The number of ether oxygens (including phenoxy) is 1.